The second-order valence-electron chi connectivity index (χ2n) is 8.33. The van der Waals surface area contributed by atoms with E-state index in [0.717, 1.165) is 36.8 Å². The van der Waals surface area contributed by atoms with Gasteiger partial charge in [-0.15, -0.1) is 0 Å². The number of aromatic nitrogens is 4. The SMILES string of the molecule is CN(C)c1ncc(CN2CC(Cn3nc(C(C)(C)C)ccc3=O)C2)cn1. The minimum absolute atomic E-state index is 0.0240. The van der Waals surface area contributed by atoms with Gasteiger partial charge in [-0.05, 0) is 6.07 Å². The van der Waals surface area contributed by atoms with Gasteiger partial charge in [0.05, 0.1) is 12.2 Å². The maximum absolute atomic E-state index is 12.1. The molecule has 7 heteroatoms. The van der Waals surface area contributed by atoms with Gasteiger partial charge in [-0.2, -0.15) is 5.10 Å². The maximum Gasteiger partial charge on any atom is 0.266 e. The molecule has 2 aromatic heterocycles. The molecule has 1 aliphatic rings. The first-order valence-electron chi connectivity index (χ1n) is 9.01. The van der Waals surface area contributed by atoms with Gasteiger partial charge in [0.2, 0.25) is 5.95 Å². The highest BCUT2D eigenvalue weighted by Crippen LogP contribution is 2.21. The Hall–Kier alpha value is -2.28. The Balaban J connectivity index is 1.55. The molecule has 0 atom stereocenters. The minimum atomic E-state index is -0.0557. The Morgan fingerprint density at radius 2 is 1.81 bits per heavy atom. The number of likely N-dealkylation sites (tertiary alicyclic amines) is 1. The lowest BCUT2D eigenvalue weighted by Gasteiger charge is -2.39. The summed E-state index contributed by atoms with van der Waals surface area (Å²) in [6.07, 6.45) is 3.77. The molecule has 7 nitrogen and oxygen atoms in total. The van der Waals surface area contributed by atoms with Crippen LogP contribution in [0.1, 0.15) is 32.0 Å². The fourth-order valence-corrected chi connectivity index (χ4v) is 3.06. The highest BCUT2D eigenvalue weighted by Gasteiger charge is 2.28. The Morgan fingerprint density at radius 1 is 1.15 bits per heavy atom. The molecule has 1 saturated heterocycles. The lowest BCUT2D eigenvalue weighted by molar-refractivity contribution is 0.0761. The predicted molar refractivity (Wildman–Crippen MR) is 102 cm³/mol. The van der Waals surface area contributed by atoms with E-state index in [1.165, 1.54) is 0 Å². The molecule has 0 amide bonds. The molecule has 26 heavy (non-hydrogen) atoms. The van der Waals surface area contributed by atoms with Crippen LogP contribution in [0, 0.1) is 5.92 Å². The summed E-state index contributed by atoms with van der Waals surface area (Å²) < 4.78 is 1.62. The van der Waals surface area contributed by atoms with Crippen molar-refractivity contribution in [1.82, 2.24) is 24.6 Å². The first-order valence-corrected chi connectivity index (χ1v) is 9.01. The van der Waals surface area contributed by atoms with Crippen LogP contribution in [0.2, 0.25) is 0 Å². The van der Waals surface area contributed by atoms with Gasteiger partial charge in [0.15, 0.2) is 0 Å². The average molecular weight is 356 g/mol. The number of hydrogen-bond donors (Lipinski definition) is 0. The molecule has 0 spiro atoms. The van der Waals surface area contributed by atoms with Crippen LogP contribution in [0.15, 0.2) is 29.3 Å². The van der Waals surface area contributed by atoms with Gasteiger partial charge in [0.1, 0.15) is 0 Å². The van der Waals surface area contributed by atoms with Crippen molar-refractivity contribution in [1.29, 1.82) is 0 Å². The van der Waals surface area contributed by atoms with E-state index >= 15 is 0 Å². The first kappa shape index (κ1) is 18.5. The molecular weight excluding hydrogens is 328 g/mol. The van der Waals surface area contributed by atoms with Crippen molar-refractivity contribution < 1.29 is 0 Å². The van der Waals surface area contributed by atoms with E-state index in [-0.39, 0.29) is 11.0 Å². The summed E-state index contributed by atoms with van der Waals surface area (Å²) in [4.78, 5) is 25.0. The smallest absolute Gasteiger partial charge is 0.266 e. The maximum atomic E-state index is 12.1. The van der Waals surface area contributed by atoms with E-state index in [1.807, 2.05) is 37.5 Å². The van der Waals surface area contributed by atoms with Gasteiger partial charge in [-0.25, -0.2) is 14.6 Å². The second kappa shape index (κ2) is 7.15. The fourth-order valence-electron chi connectivity index (χ4n) is 3.06. The van der Waals surface area contributed by atoms with E-state index in [4.69, 9.17) is 0 Å². The third-order valence-corrected chi connectivity index (χ3v) is 4.60. The molecule has 0 N–H and O–H groups in total. The Morgan fingerprint density at radius 3 is 2.38 bits per heavy atom. The summed E-state index contributed by atoms with van der Waals surface area (Å²) in [6, 6.07) is 3.47. The number of hydrogen-bond acceptors (Lipinski definition) is 6. The third-order valence-electron chi connectivity index (χ3n) is 4.60. The van der Waals surface area contributed by atoms with Gasteiger partial charge >= 0.3 is 0 Å². The topological polar surface area (TPSA) is 67.2 Å². The van der Waals surface area contributed by atoms with E-state index in [9.17, 15) is 4.79 Å². The number of nitrogens with zero attached hydrogens (tertiary/aromatic N) is 6. The number of anilines is 1. The molecule has 3 heterocycles. The predicted octanol–water partition coefficient (Wildman–Crippen LogP) is 1.53. The Bertz CT molecular complexity index is 800. The van der Waals surface area contributed by atoms with Crippen LogP contribution in [0.3, 0.4) is 0 Å². The molecule has 3 rings (SSSR count). The zero-order valence-electron chi connectivity index (χ0n) is 16.3. The average Bonchev–Trinajstić information content (AvgIpc) is 2.54. The van der Waals surface area contributed by atoms with Gasteiger partial charge in [-0.1, -0.05) is 20.8 Å². The van der Waals surface area contributed by atoms with Gasteiger partial charge in [0, 0.05) is 69.1 Å². The van der Waals surface area contributed by atoms with Crippen LogP contribution in [0.25, 0.3) is 0 Å². The van der Waals surface area contributed by atoms with E-state index in [0.29, 0.717) is 12.5 Å². The van der Waals surface area contributed by atoms with Crippen LogP contribution in [0.5, 0.6) is 0 Å². The summed E-state index contributed by atoms with van der Waals surface area (Å²) in [6.45, 7) is 9.77. The van der Waals surface area contributed by atoms with E-state index in [1.54, 1.807) is 10.7 Å². The van der Waals surface area contributed by atoms with Gasteiger partial charge < -0.3 is 4.90 Å². The van der Waals surface area contributed by atoms with Crippen molar-refractivity contribution in [2.45, 2.75) is 39.3 Å². The summed E-state index contributed by atoms with van der Waals surface area (Å²) in [5.41, 5.74) is 1.98. The van der Waals surface area contributed by atoms with Crippen molar-refractivity contribution in [2.24, 2.45) is 5.92 Å². The summed E-state index contributed by atoms with van der Waals surface area (Å²) >= 11 is 0. The van der Waals surface area contributed by atoms with Crippen molar-refractivity contribution in [2.75, 3.05) is 32.1 Å². The normalized spacial score (nSPS) is 15.7. The van der Waals surface area contributed by atoms with Crippen molar-refractivity contribution >= 4 is 5.95 Å². The minimum Gasteiger partial charge on any atom is -0.347 e. The highest BCUT2D eigenvalue weighted by atomic mass is 16.1. The quantitative estimate of drug-likeness (QED) is 0.809. The lowest BCUT2D eigenvalue weighted by atomic mass is 9.92. The van der Waals surface area contributed by atoms with E-state index < -0.39 is 0 Å². The molecule has 140 valence electrons. The highest BCUT2D eigenvalue weighted by molar-refractivity contribution is 5.26. The summed E-state index contributed by atoms with van der Waals surface area (Å²) in [7, 11) is 3.86. The lowest BCUT2D eigenvalue weighted by Crippen LogP contribution is -2.49. The molecule has 0 aliphatic carbocycles. The largest absolute Gasteiger partial charge is 0.347 e. The van der Waals surface area contributed by atoms with Crippen LogP contribution in [-0.4, -0.2) is 51.8 Å². The van der Waals surface area contributed by atoms with Gasteiger partial charge in [-0.3, -0.25) is 9.69 Å². The zero-order valence-corrected chi connectivity index (χ0v) is 16.3. The molecule has 2 aromatic rings. The molecule has 0 saturated carbocycles. The molecular formula is C19H28N6O. The third kappa shape index (κ3) is 4.27. The monoisotopic (exact) mass is 356 g/mol. The Kier molecular flexibility index (Phi) is 5.09. The van der Waals surface area contributed by atoms with Crippen molar-refractivity contribution in [3.63, 3.8) is 0 Å². The zero-order chi connectivity index (χ0) is 18.9. The molecule has 0 aromatic carbocycles. The van der Waals surface area contributed by atoms with Gasteiger partial charge in [0.25, 0.3) is 5.56 Å². The molecule has 0 bridgehead atoms. The molecule has 1 fully saturated rings. The standard InChI is InChI=1S/C19H28N6O/c1-19(2,3)16-6-7-17(26)25(22-16)13-15-11-24(12-15)10-14-8-20-18(21-9-14)23(4)5/h6-9,15H,10-13H2,1-5H3. The van der Waals surface area contributed by atoms with E-state index in [2.05, 4.69) is 40.7 Å². The first-order chi connectivity index (χ1) is 12.2. The molecule has 1 aliphatic heterocycles. The van der Waals surface area contributed by atoms with Crippen LogP contribution in [0.4, 0.5) is 5.95 Å². The van der Waals surface area contributed by atoms with Crippen molar-refractivity contribution in [3.8, 4) is 0 Å². The van der Waals surface area contributed by atoms with Crippen LogP contribution >= 0.6 is 0 Å². The molecule has 0 unspecified atom stereocenters. The van der Waals surface area contributed by atoms with Crippen molar-refractivity contribution in [3.05, 3.63) is 46.1 Å². The summed E-state index contributed by atoms with van der Waals surface area (Å²) in [5, 5.41) is 4.56. The second-order valence-corrected chi connectivity index (χ2v) is 8.33. The Labute approximate surface area is 154 Å². The van der Waals surface area contributed by atoms with Crippen LogP contribution < -0.4 is 10.5 Å². The van der Waals surface area contributed by atoms with Crippen LogP contribution in [-0.2, 0) is 18.5 Å². The fraction of sp³-hybridized carbons (Fsp3) is 0.579. The molecule has 0 radical (unpaired) electrons. The number of rotatable bonds is 5. The summed E-state index contributed by atoms with van der Waals surface area (Å²) in [5.74, 6) is 1.18.